The molecule has 0 saturated heterocycles. The lowest BCUT2D eigenvalue weighted by molar-refractivity contribution is 0.102. The summed E-state index contributed by atoms with van der Waals surface area (Å²) in [5.41, 5.74) is 0.140. The van der Waals surface area contributed by atoms with Crippen LogP contribution in [0.5, 0.6) is 5.75 Å². The number of benzene rings is 2. The predicted molar refractivity (Wildman–Crippen MR) is 103 cm³/mol. The second-order valence-electron chi connectivity index (χ2n) is 5.86. The van der Waals surface area contributed by atoms with Gasteiger partial charge in [0.25, 0.3) is 17.7 Å². The van der Waals surface area contributed by atoms with Gasteiger partial charge in [-0.2, -0.15) is 0 Å². The molecule has 0 radical (unpaired) electrons. The van der Waals surface area contributed by atoms with Crippen LogP contribution >= 0.6 is 11.6 Å². The number of anilines is 1. The summed E-state index contributed by atoms with van der Waals surface area (Å²) in [7, 11) is 1.42. The number of carbonyl (C=O) groups is 1. The summed E-state index contributed by atoms with van der Waals surface area (Å²) in [6, 6.07) is 12.3. The van der Waals surface area contributed by atoms with Crippen molar-refractivity contribution in [3.05, 3.63) is 71.2 Å². The van der Waals surface area contributed by atoms with E-state index in [1.807, 2.05) is 0 Å². The van der Waals surface area contributed by atoms with Crippen molar-refractivity contribution in [2.45, 2.75) is 0 Å². The van der Waals surface area contributed by atoms with Gasteiger partial charge in [-0.15, -0.1) is 10.2 Å². The summed E-state index contributed by atoms with van der Waals surface area (Å²) >= 11 is 5.96. The Labute approximate surface area is 169 Å². The van der Waals surface area contributed by atoms with E-state index in [9.17, 15) is 4.79 Å². The number of nitrogens with one attached hydrogen (secondary N) is 1. The average Bonchev–Trinajstić information content (AvgIpc) is 3.41. The number of carbonyl (C=O) groups excluding carboxylic acids is 1. The molecule has 2 heterocycles. The zero-order valence-corrected chi connectivity index (χ0v) is 15.7. The van der Waals surface area contributed by atoms with Gasteiger partial charge in [0, 0.05) is 5.02 Å². The molecule has 7 nitrogen and oxygen atoms in total. The third-order valence-electron chi connectivity index (χ3n) is 4.04. The molecule has 0 unspecified atom stereocenters. The highest BCUT2D eigenvalue weighted by Crippen LogP contribution is 2.30. The molecule has 29 heavy (non-hydrogen) atoms. The van der Waals surface area contributed by atoms with E-state index in [2.05, 4.69) is 15.5 Å². The van der Waals surface area contributed by atoms with Crippen LogP contribution in [-0.4, -0.2) is 23.2 Å². The van der Waals surface area contributed by atoms with Crippen molar-refractivity contribution in [3.63, 3.8) is 0 Å². The van der Waals surface area contributed by atoms with E-state index in [1.54, 1.807) is 30.3 Å². The molecular weight excluding hydrogens is 401 g/mol. The Balaban J connectivity index is 1.64. The van der Waals surface area contributed by atoms with Gasteiger partial charge in [-0.25, -0.2) is 4.39 Å². The first kappa shape index (κ1) is 18.7. The van der Waals surface area contributed by atoms with Crippen molar-refractivity contribution in [2.24, 2.45) is 0 Å². The van der Waals surface area contributed by atoms with Gasteiger partial charge >= 0.3 is 0 Å². The average molecular weight is 414 g/mol. The smallest absolute Gasteiger partial charge is 0.283 e. The van der Waals surface area contributed by atoms with E-state index in [4.69, 9.17) is 25.2 Å². The highest BCUT2D eigenvalue weighted by molar-refractivity contribution is 6.31. The van der Waals surface area contributed by atoms with Crippen LogP contribution in [0.1, 0.15) is 10.4 Å². The molecule has 1 N–H and O–H groups in total. The van der Waals surface area contributed by atoms with Gasteiger partial charge < -0.3 is 18.9 Å². The summed E-state index contributed by atoms with van der Waals surface area (Å²) in [5.74, 6) is -0.573. The minimum absolute atomic E-state index is 0.0335. The second-order valence-corrected chi connectivity index (χ2v) is 6.29. The minimum atomic E-state index is -0.725. The Morgan fingerprint density at radius 2 is 1.97 bits per heavy atom. The molecule has 4 aromatic rings. The monoisotopic (exact) mass is 413 g/mol. The standard InChI is InChI=1S/C20H13ClFN3O4/c1-27-15-8-7-11(21)10-13(15)18(26)23-14-5-2-4-12(17(14)22)19-24-25-20(29-19)16-6-3-9-28-16/h2-10H,1H3,(H,23,26). The van der Waals surface area contributed by atoms with Crippen LogP contribution in [0.3, 0.4) is 0 Å². The summed E-state index contributed by atoms with van der Waals surface area (Å²) in [5, 5.41) is 10.6. The molecule has 0 aliphatic rings. The Morgan fingerprint density at radius 1 is 1.14 bits per heavy atom. The molecule has 0 aliphatic carbocycles. The zero-order chi connectivity index (χ0) is 20.4. The maximum absolute atomic E-state index is 15.0. The van der Waals surface area contributed by atoms with Crippen LogP contribution in [0, 0.1) is 5.82 Å². The normalized spacial score (nSPS) is 10.7. The lowest BCUT2D eigenvalue weighted by Gasteiger charge is -2.11. The molecule has 0 bridgehead atoms. The van der Waals surface area contributed by atoms with Gasteiger partial charge in [-0.1, -0.05) is 17.7 Å². The largest absolute Gasteiger partial charge is 0.496 e. The first-order chi connectivity index (χ1) is 14.1. The number of nitrogens with zero attached hydrogens (tertiary/aromatic N) is 2. The third kappa shape index (κ3) is 3.70. The van der Waals surface area contributed by atoms with Crippen molar-refractivity contribution < 1.29 is 22.8 Å². The van der Waals surface area contributed by atoms with Crippen LogP contribution in [0.4, 0.5) is 10.1 Å². The fraction of sp³-hybridized carbons (Fsp3) is 0.0500. The van der Waals surface area contributed by atoms with Gasteiger partial charge in [0.2, 0.25) is 0 Å². The topological polar surface area (TPSA) is 90.4 Å². The first-order valence-electron chi connectivity index (χ1n) is 8.38. The van der Waals surface area contributed by atoms with Crippen LogP contribution in [0.25, 0.3) is 23.1 Å². The third-order valence-corrected chi connectivity index (χ3v) is 4.28. The van der Waals surface area contributed by atoms with Crippen molar-refractivity contribution in [3.8, 4) is 28.9 Å². The number of aromatic nitrogens is 2. The highest BCUT2D eigenvalue weighted by atomic mass is 35.5. The van der Waals surface area contributed by atoms with E-state index in [0.29, 0.717) is 16.5 Å². The molecule has 0 spiro atoms. The number of furan rings is 1. The molecule has 1 amide bonds. The predicted octanol–water partition coefficient (Wildman–Crippen LogP) is 5.05. The lowest BCUT2D eigenvalue weighted by Crippen LogP contribution is -2.14. The fourth-order valence-electron chi connectivity index (χ4n) is 2.67. The molecule has 0 atom stereocenters. The van der Waals surface area contributed by atoms with Gasteiger partial charge in [0.1, 0.15) is 5.75 Å². The van der Waals surface area contributed by atoms with Gasteiger partial charge in [0.15, 0.2) is 11.6 Å². The zero-order valence-electron chi connectivity index (χ0n) is 15.0. The number of hydrogen-bond acceptors (Lipinski definition) is 6. The van der Waals surface area contributed by atoms with E-state index in [-0.39, 0.29) is 28.6 Å². The SMILES string of the molecule is COc1ccc(Cl)cc1C(=O)Nc1cccc(-c2nnc(-c3ccco3)o2)c1F. The second kappa shape index (κ2) is 7.76. The van der Waals surface area contributed by atoms with Crippen LogP contribution in [-0.2, 0) is 0 Å². The van der Waals surface area contributed by atoms with Crippen LogP contribution in [0.15, 0.2) is 63.6 Å². The Hall–Kier alpha value is -3.65. The number of methoxy groups -OCH3 is 1. The summed E-state index contributed by atoms with van der Waals surface area (Å²) in [6.45, 7) is 0. The van der Waals surface area contributed by atoms with Gasteiger partial charge in [-0.05, 0) is 42.5 Å². The van der Waals surface area contributed by atoms with Crippen molar-refractivity contribution in [2.75, 3.05) is 12.4 Å². The van der Waals surface area contributed by atoms with Crippen molar-refractivity contribution >= 4 is 23.2 Å². The van der Waals surface area contributed by atoms with Crippen LogP contribution in [0.2, 0.25) is 5.02 Å². The molecule has 0 fully saturated rings. The van der Waals surface area contributed by atoms with Crippen molar-refractivity contribution in [1.82, 2.24) is 10.2 Å². The Morgan fingerprint density at radius 3 is 2.72 bits per heavy atom. The summed E-state index contributed by atoms with van der Waals surface area (Å²) in [6.07, 6.45) is 1.46. The quantitative estimate of drug-likeness (QED) is 0.492. The number of amides is 1. The first-order valence-corrected chi connectivity index (χ1v) is 8.76. The highest BCUT2D eigenvalue weighted by Gasteiger charge is 2.20. The Kier molecular flexibility index (Phi) is 5.01. The molecule has 2 aromatic carbocycles. The number of ether oxygens (including phenoxy) is 1. The number of hydrogen-bond donors (Lipinski definition) is 1. The number of halogens is 2. The molecule has 4 rings (SSSR count). The maximum atomic E-state index is 15.0. The molecule has 2 aromatic heterocycles. The molecular formula is C20H13ClFN3O4. The van der Waals surface area contributed by atoms with Gasteiger partial charge in [0.05, 0.1) is 30.2 Å². The molecule has 146 valence electrons. The number of rotatable bonds is 5. The minimum Gasteiger partial charge on any atom is -0.496 e. The molecule has 0 saturated carbocycles. The maximum Gasteiger partial charge on any atom is 0.283 e. The van der Waals surface area contributed by atoms with E-state index in [0.717, 1.165) is 0 Å². The van der Waals surface area contributed by atoms with E-state index >= 15 is 4.39 Å². The summed E-state index contributed by atoms with van der Waals surface area (Å²) < 4.78 is 30.9. The van der Waals surface area contributed by atoms with Crippen LogP contribution < -0.4 is 10.1 Å². The summed E-state index contributed by atoms with van der Waals surface area (Å²) in [4.78, 5) is 12.6. The molecule has 0 aliphatic heterocycles. The molecule has 9 heteroatoms. The van der Waals surface area contributed by atoms with E-state index in [1.165, 1.54) is 31.6 Å². The lowest BCUT2D eigenvalue weighted by atomic mass is 10.1. The van der Waals surface area contributed by atoms with Gasteiger partial charge in [-0.3, -0.25) is 4.79 Å². The van der Waals surface area contributed by atoms with Crippen molar-refractivity contribution in [1.29, 1.82) is 0 Å². The Bertz CT molecular complexity index is 1170. The fourth-order valence-corrected chi connectivity index (χ4v) is 2.84. The van der Waals surface area contributed by atoms with E-state index < -0.39 is 11.7 Å².